The van der Waals surface area contributed by atoms with Gasteiger partial charge < -0.3 is 10.0 Å². The lowest BCUT2D eigenvalue weighted by Crippen LogP contribution is -2.44. The molecule has 4 heteroatoms. The largest absolute Gasteiger partial charge is 0.481 e. The number of hydrogen-bond acceptors (Lipinski definition) is 2. The Balaban J connectivity index is 1.89. The highest BCUT2D eigenvalue weighted by Gasteiger charge is 2.57. The first kappa shape index (κ1) is 15.6. The maximum atomic E-state index is 13.1. The Morgan fingerprint density at radius 2 is 1.50 bits per heavy atom. The second-order valence-electron chi connectivity index (χ2n) is 7.37. The van der Waals surface area contributed by atoms with E-state index in [-0.39, 0.29) is 23.7 Å². The van der Waals surface area contributed by atoms with Gasteiger partial charge in [-0.3, -0.25) is 9.59 Å². The summed E-state index contributed by atoms with van der Waals surface area (Å²) in [5.41, 5.74) is 2.51. The standard InChI is InChI=1S/C18H27NO3/c1-11(2)14-12-7-8-13(14)16(18(21)22)15(12)17(20)19-9-5-3-4-6-10-19/h12-13,15-16H,3-10H2,1-2H3,(H,21,22)/t12-,13+,15+,16+/m0/s1. The van der Waals surface area contributed by atoms with Gasteiger partial charge in [0, 0.05) is 13.1 Å². The number of carboxylic acid groups (broad SMARTS) is 1. The first-order valence-corrected chi connectivity index (χ1v) is 8.71. The molecule has 1 amide bonds. The van der Waals surface area contributed by atoms with Crippen molar-refractivity contribution in [3.63, 3.8) is 0 Å². The molecule has 2 bridgehead atoms. The van der Waals surface area contributed by atoms with Crippen LogP contribution in [0, 0.1) is 23.7 Å². The van der Waals surface area contributed by atoms with Gasteiger partial charge in [0.1, 0.15) is 0 Å². The Morgan fingerprint density at radius 1 is 0.955 bits per heavy atom. The van der Waals surface area contributed by atoms with Crippen molar-refractivity contribution in [2.24, 2.45) is 23.7 Å². The van der Waals surface area contributed by atoms with Gasteiger partial charge in [0.05, 0.1) is 11.8 Å². The summed E-state index contributed by atoms with van der Waals surface area (Å²) in [5.74, 6) is -1.22. The number of amides is 1. The SMILES string of the molecule is CC(C)=C1[C@H]2CC[C@@H]1[C@@H](C(=O)N1CCCCCC1)[C@@H]2C(=O)O. The Morgan fingerprint density at radius 3 is 2.00 bits per heavy atom. The zero-order chi connectivity index (χ0) is 15.9. The van der Waals surface area contributed by atoms with Gasteiger partial charge >= 0.3 is 5.97 Å². The van der Waals surface area contributed by atoms with E-state index in [0.717, 1.165) is 38.8 Å². The van der Waals surface area contributed by atoms with E-state index in [1.54, 1.807) is 0 Å². The third-order valence-corrected chi connectivity index (χ3v) is 5.91. The van der Waals surface area contributed by atoms with Crippen LogP contribution >= 0.6 is 0 Å². The van der Waals surface area contributed by atoms with Crippen LogP contribution < -0.4 is 0 Å². The van der Waals surface area contributed by atoms with E-state index in [2.05, 4.69) is 13.8 Å². The van der Waals surface area contributed by atoms with Crippen molar-refractivity contribution in [3.8, 4) is 0 Å². The molecule has 0 aromatic carbocycles. The molecule has 2 aliphatic carbocycles. The van der Waals surface area contributed by atoms with Crippen LogP contribution in [-0.2, 0) is 9.59 Å². The van der Waals surface area contributed by atoms with Crippen molar-refractivity contribution in [1.29, 1.82) is 0 Å². The smallest absolute Gasteiger partial charge is 0.307 e. The summed E-state index contributed by atoms with van der Waals surface area (Å²) in [7, 11) is 0. The molecule has 122 valence electrons. The second-order valence-corrected chi connectivity index (χ2v) is 7.37. The molecule has 0 aromatic rings. The number of allylic oxidation sites excluding steroid dienone is 2. The van der Waals surface area contributed by atoms with Crippen molar-refractivity contribution in [2.45, 2.75) is 52.4 Å². The molecule has 4 nitrogen and oxygen atoms in total. The summed E-state index contributed by atoms with van der Waals surface area (Å²) in [6, 6.07) is 0. The molecule has 0 unspecified atom stereocenters. The predicted molar refractivity (Wildman–Crippen MR) is 84.3 cm³/mol. The van der Waals surface area contributed by atoms with Crippen LogP contribution in [0.5, 0.6) is 0 Å². The van der Waals surface area contributed by atoms with Gasteiger partial charge in [0.25, 0.3) is 0 Å². The minimum Gasteiger partial charge on any atom is -0.481 e. The molecule has 0 spiro atoms. The Bertz CT molecular complexity index is 498. The van der Waals surface area contributed by atoms with Crippen LogP contribution in [0.25, 0.3) is 0 Å². The van der Waals surface area contributed by atoms with Crippen molar-refractivity contribution in [2.75, 3.05) is 13.1 Å². The number of fused-ring (bicyclic) bond motifs is 2. The van der Waals surface area contributed by atoms with Crippen LogP contribution in [0.2, 0.25) is 0 Å². The first-order chi connectivity index (χ1) is 10.5. The maximum absolute atomic E-state index is 13.1. The van der Waals surface area contributed by atoms with E-state index in [1.807, 2.05) is 4.90 Å². The van der Waals surface area contributed by atoms with Gasteiger partial charge in [-0.05, 0) is 51.4 Å². The number of hydrogen-bond donors (Lipinski definition) is 1. The van der Waals surface area contributed by atoms with Gasteiger partial charge in [-0.15, -0.1) is 0 Å². The monoisotopic (exact) mass is 305 g/mol. The second kappa shape index (κ2) is 6.05. The zero-order valence-corrected chi connectivity index (χ0v) is 13.7. The molecule has 0 aromatic heterocycles. The average molecular weight is 305 g/mol. The minimum atomic E-state index is -0.779. The molecule has 4 atom stereocenters. The van der Waals surface area contributed by atoms with Gasteiger partial charge in [0.15, 0.2) is 0 Å². The van der Waals surface area contributed by atoms with Gasteiger partial charge in [0.2, 0.25) is 5.91 Å². The lowest BCUT2D eigenvalue weighted by Gasteiger charge is -2.31. The quantitative estimate of drug-likeness (QED) is 0.798. The molecule has 1 saturated heterocycles. The lowest BCUT2D eigenvalue weighted by molar-refractivity contribution is -0.152. The van der Waals surface area contributed by atoms with E-state index in [4.69, 9.17) is 0 Å². The molecule has 3 fully saturated rings. The highest BCUT2D eigenvalue weighted by molar-refractivity contribution is 5.87. The van der Waals surface area contributed by atoms with Gasteiger partial charge in [-0.2, -0.15) is 0 Å². The molecule has 2 saturated carbocycles. The molecule has 1 N–H and O–H groups in total. The number of rotatable bonds is 2. The fourth-order valence-corrected chi connectivity index (χ4v) is 5.09. The summed E-state index contributed by atoms with van der Waals surface area (Å²) in [6.07, 6.45) is 6.40. The molecule has 3 rings (SSSR count). The predicted octanol–water partition coefficient (Wildman–Crippen LogP) is 3.08. The van der Waals surface area contributed by atoms with Crippen LogP contribution in [0.4, 0.5) is 0 Å². The van der Waals surface area contributed by atoms with E-state index < -0.39 is 11.9 Å². The van der Waals surface area contributed by atoms with Gasteiger partial charge in [-0.25, -0.2) is 0 Å². The van der Waals surface area contributed by atoms with Crippen LogP contribution in [0.3, 0.4) is 0 Å². The lowest BCUT2D eigenvalue weighted by atomic mass is 9.78. The molecule has 1 aliphatic heterocycles. The van der Waals surface area contributed by atoms with Crippen molar-refractivity contribution in [3.05, 3.63) is 11.1 Å². The topological polar surface area (TPSA) is 57.6 Å². The Kier molecular flexibility index (Phi) is 4.28. The van der Waals surface area contributed by atoms with E-state index >= 15 is 0 Å². The van der Waals surface area contributed by atoms with Crippen molar-refractivity contribution < 1.29 is 14.7 Å². The fourth-order valence-electron chi connectivity index (χ4n) is 5.09. The summed E-state index contributed by atoms with van der Waals surface area (Å²) >= 11 is 0. The number of nitrogens with zero attached hydrogens (tertiary/aromatic N) is 1. The highest BCUT2D eigenvalue weighted by atomic mass is 16.4. The zero-order valence-electron chi connectivity index (χ0n) is 13.7. The first-order valence-electron chi connectivity index (χ1n) is 8.71. The van der Waals surface area contributed by atoms with Crippen LogP contribution in [0.1, 0.15) is 52.4 Å². The summed E-state index contributed by atoms with van der Waals surface area (Å²) in [4.78, 5) is 26.9. The molecule has 0 radical (unpaired) electrons. The molecule has 22 heavy (non-hydrogen) atoms. The number of aliphatic carboxylic acids is 1. The van der Waals surface area contributed by atoms with Crippen LogP contribution in [-0.4, -0.2) is 35.0 Å². The Hall–Kier alpha value is -1.32. The van der Waals surface area contributed by atoms with Crippen molar-refractivity contribution in [1.82, 2.24) is 4.90 Å². The van der Waals surface area contributed by atoms with Gasteiger partial charge in [-0.1, -0.05) is 24.0 Å². The molecule has 1 heterocycles. The summed E-state index contributed by atoms with van der Waals surface area (Å²) in [5, 5.41) is 9.71. The molecule has 3 aliphatic rings. The van der Waals surface area contributed by atoms with E-state index in [9.17, 15) is 14.7 Å². The van der Waals surface area contributed by atoms with E-state index in [0.29, 0.717) is 0 Å². The number of carboxylic acids is 1. The maximum Gasteiger partial charge on any atom is 0.307 e. The Labute approximate surface area is 132 Å². The number of carbonyl (C=O) groups excluding carboxylic acids is 1. The average Bonchev–Trinajstić information content (AvgIpc) is 2.90. The summed E-state index contributed by atoms with van der Waals surface area (Å²) in [6.45, 7) is 5.75. The normalized spacial score (nSPS) is 34.6. The number of likely N-dealkylation sites (tertiary alicyclic amines) is 1. The van der Waals surface area contributed by atoms with E-state index in [1.165, 1.54) is 24.0 Å². The fraction of sp³-hybridized carbons (Fsp3) is 0.778. The summed E-state index contributed by atoms with van der Waals surface area (Å²) < 4.78 is 0. The highest BCUT2D eigenvalue weighted by Crippen LogP contribution is 2.57. The van der Waals surface area contributed by atoms with Crippen molar-refractivity contribution >= 4 is 11.9 Å². The third-order valence-electron chi connectivity index (χ3n) is 5.91. The molecular formula is C18H27NO3. The number of carbonyl (C=O) groups is 2. The minimum absolute atomic E-state index is 0.0911. The van der Waals surface area contributed by atoms with Crippen LogP contribution in [0.15, 0.2) is 11.1 Å². The molecular weight excluding hydrogens is 278 g/mol. The third kappa shape index (κ3) is 2.46.